The average molecular weight is 385 g/mol. The first-order valence-electron chi connectivity index (χ1n) is 8.44. The Kier molecular flexibility index (Phi) is 6.33. The summed E-state index contributed by atoms with van der Waals surface area (Å²) in [6.45, 7) is 0.916. The second kappa shape index (κ2) is 9.09. The predicted octanol–water partition coefficient (Wildman–Crippen LogP) is 3.85. The summed E-state index contributed by atoms with van der Waals surface area (Å²) in [5.74, 6) is -0.0103. The molecule has 1 heterocycles. The molecule has 27 heavy (non-hydrogen) atoms. The van der Waals surface area contributed by atoms with Crippen LogP contribution in [0, 0.1) is 5.82 Å². The Balaban J connectivity index is 1.53. The Morgan fingerprint density at radius 3 is 2.63 bits per heavy atom. The zero-order chi connectivity index (χ0) is 19.1. The van der Waals surface area contributed by atoms with Gasteiger partial charge in [0.15, 0.2) is 0 Å². The molecule has 0 aliphatic carbocycles. The summed E-state index contributed by atoms with van der Waals surface area (Å²) >= 11 is 6.09. The second-order valence-electron chi connectivity index (χ2n) is 5.87. The third-order valence-electron chi connectivity index (χ3n) is 3.93. The maximum absolute atomic E-state index is 12.9. The molecule has 2 N–H and O–H groups in total. The first kappa shape index (κ1) is 18.8. The molecule has 1 amide bonds. The number of anilines is 1. The highest BCUT2D eigenvalue weighted by Gasteiger charge is 2.09. The zero-order valence-corrected chi connectivity index (χ0v) is 15.2. The standard InChI is InChI=1S/C20H18ClFN4O/c21-17-4-2-1-3-15(17)12-24-20(27)18-11-19(26-13-25-18)23-10-9-14-5-7-16(22)8-6-14/h1-8,11,13H,9-10,12H2,(H,24,27)(H,23,25,26). The molecule has 0 fully saturated rings. The van der Waals surface area contributed by atoms with Crippen LogP contribution in [0.4, 0.5) is 10.2 Å². The fourth-order valence-corrected chi connectivity index (χ4v) is 2.67. The van der Waals surface area contributed by atoms with Crippen molar-refractivity contribution in [3.05, 3.63) is 88.6 Å². The van der Waals surface area contributed by atoms with Crippen LogP contribution >= 0.6 is 11.6 Å². The Bertz CT molecular complexity index is 918. The van der Waals surface area contributed by atoms with Gasteiger partial charge in [0, 0.05) is 24.2 Å². The van der Waals surface area contributed by atoms with E-state index in [-0.39, 0.29) is 17.4 Å². The molecule has 0 saturated heterocycles. The lowest BCUT2D eigenvalue weighted by Crippen LogP contribution is -2.24. The number of rotatable bonds is 7. The van der Waals surface area contributed by atoms with Crippen molar-refractivity contribution in [2.45, 2.75) is 13.0 Å². The van der Waals surface area contributed by atoms with Gasteiger partial charge in [0.2, 0.25) is 0 Å². The maximum Gasteiger partial charge on any atom is 0.270 e. The third kappa shape index (κ3) is 5.49. The molecule has 3 aromatic rings. The van der Waals surface area contributed by atoms with Crippen LogP contribution in [0.2, 0.25) is 5.02 Å². The Hall–Kier alpha value is -2.99. The number of hydrogen-bond donors (Lipinski definition) is 2. The third-order valence-corrected chi connectivity index (χ3v) is 4.30. The molecular formula is C20H18ClFN4O. The summed E-state index contributed by atoms with van der Waals surface area (Å²) in [4.78, 5) is 20.4. The zero-order valence-electron chi connectivity index (χ0n) is 14.5. The van der Waals surface area contributed by atoms with E-state index < -0.39 is 0 Å². The summed E-state index contributed by atoms with van der Waals surface area (Å²) in [5, 5.41) is 6.53. The summed E-state index contributed by atoms with van der Waals surface area (Å²) in [5.41, 5.74) is 2.11. The molecule has 3 rings (SSSR count). The molecule has 0 bridgehead atoms. The quantitative estimate of drug-likeness (QED) is 0.649. The lowest BCUT2D eigenvalue weighted by molar-refractivity contribution is 0.0946. The van der Waals surface area contributed by atoms with Gasteiger partial charge in [-0.1, -0.05) is 41.9 Å². The number of benzene rings is 2. The van der Waals surface area contributed by atoms with Gasteiger partial charge in [0.25, 0.3) is 5.91 Å². The molecule has 2 aromatic carbocycles. The SMILES string of the molecule is O=C(NCc1ccccc1Cl)c1cc(NCCc2ccc(F)cc2)ncn1. The van der Waals surface area contributed by atoms with Gasteiger partial charge in [0.05, 0.1) is 0 Å². The van der Waals surface area contributed by atoms with Gasteiger partial charge in [-0.15, -0.1) is 0 Å². The van der Waals surface area contributed by atoms with E-state index in [0.29, 0.717) is 30.4 Å². The second-order valence-corrected chi connectivity index (χ2v) is 6.27. The van der Waals surface area contributed by atoms with E-state index in [2.05, 4.69) is 20.6 Å². The Labute approximate surface area is 161 Å². The monoisotopic (exact) mass is 384 g/mol. The number of amides is 1. The molecule has 5 nitrogen and oxygen atoms in total. The molecule has 0 spiro atoms. The van der Waals surface area contributed by atoms with Gasteiger partial charge >= 0.3 is 0 Å². The van der Waals surface area contributed by atoms with Gasteiger partial charge in [0.1, 0.15) is 23.7 Å². The van der Waals surface area contributed by atoms with Crippen molar-refractivity contribution in [2.24, 2.45) is 0 Å². The fourth-order valence-electron chi connectivity index (χ4n) is 2.47. The highest BCUT2D eigenvalue weighted by molar-refractivity contribution is 6.31. The van der Waals surface area contributed by atoms with Gasteiger partial charge in [-0.2, -0.15) is 0 Å². The normalized spacial score (nSPS) is 10.4. The van der Waals surface area contributed by atoms with Gasteiger partial charge in [-0.3, -0.25) is 4.79 Å². The van der Waals surface area contributed by atoms with Gasteiger partial charge in [-0.05, 0) is 35.7 Å². The molecule has 0 atom stereocenters. The number of nitrogens with one attached hydrogen (secondary N) is 2. The van der Waals surface area contributed by atoms with E-state index in [1.165, 1.54) is 18.5 Å². The van der Waals surface area contributed by atoms with E-state index in [1.807, 2.05) is 18.2 Å². The molecule has 0 unspecified atom stereocenters. The first-order valence-corrected chi connectivity index (χ1v) is 8.81. The lowest BCUT2D eigenvalue weighted by Gasteiger charge is -2.08. The van der Waals surface area contributed by atoms with Crippen molar-refractivity contribution in [1.29, 1.82) is 0 Å². The minimum absolute atomic E-state index is 0.255. The maximum atomic E-state index is 12.9. The van der Waals surface area contributed by atoms with Crippen LogP contribution in [0.5, 0.6) is 0 Å². The topological polar surface area (TPSA) is 66.9 Å². The predicted molar refractivity (Wildman–Crippen MR) is 103 cm³/mol. The first-order chi connectivity index (χ1) is 13.1. The van der Waals surface area contributed by atoms with Crippen molar-refractivity contribution in [3.8, 4) is 0 Å². The van der Waals surface area contributed by atoms with Crippen LogP contribution in [0.25, 0.3) is 0 Å². The molecule has 7 heteroatoms. The number of aromatic nitrogens is 2. The van der Waals surface area contributed by atoms with Crippen LogP contribution in [0.1, 0.15) is 21.6 Å². The van der Waals surface area contributed by atoms with E-state index in [4.69, 9.17) is 11.6 Å². The molecule has 0 aliphatic heterocycles. The summed E-state index contributed by atoms with van der Waals surface area (Å²) in [6.07, 6.45) is 2.04. The minimum Gasteiger partial charge on any atom is -0.370 e. The van der Waals surface area contributed by atoms with Crippen molar-refractivity contribution in [3.63, 3.8) is 0 Å². The van der Waals surface area contributed by atoms with E-state index in [0.717, 1.165) is 11.1 Å². The molecule has 138 valence electrons. The number of nitrogens with zero attached hydrogens (tertiary/aromatic N) is 2. The van der Waals surface area contributed by atoms with Crippen molar-refractivity contribution < 1.29 is 9.18 Å². The van der Waals surface area contributed by atoms with Crippen molar-refractivity contribution in [1.82, 2.24) is 15.3 Å². The van der Waals surface area contributed by atoms with E-state index in [1.54, 1.807) is 24.3 Å². The van der Waals surface area contributed by atoms with Crippen molar-refractivity contribution >= 4 is 23.3 Å². The molecular weight excluding hydrogens is 367 g/mol. The molecule has 1 aromatic heterocycles. The van der Waals surface area contributed by atoms with Crippen LogP contribution < -0.4 is 10.6 Å². The van der Waals surface area contributed by atoms with Crippen LogP contribution in [-0.2, 0) is 13.0 Å². The average Bonchev–Trinajstić information content (AvgIpc) is 2.69. The van der Waals surface area contributed by atoms with Crippen LogP contribution in [0.15, 0.2) is 60.9 Å². The van der Waals surface area contributed by atoms with Gasteiger partial charge in [-0.25, -0.2) is 14.4 Å². The smallest absolute Gasteiger partial charge is 0.270 e. The van der Waals surface area contributed by atoms with E-state index >= 15 is 0 Å². The summed E-state index contributed by atoms with van der Waals surface area (Å²) < 4.78 is 12.9. The van der Waals surface area contributed by atoms with E-state index in [9.17, 15) is 9.18 Å². The van der Waals surface area contributed by atoms with Gasteiger partial charge < -0.3 is 10.6 Å². The van der Waals surface area contributed by atoms with Crippen molar-refractivity contribution in [2.75, 3.05) is 11.9 Å². The molecule has 0 saturated carbocycles. The highest BCUT2D eigenvalue weighted by Crippen LogP contribution is 2.14. The molecule has 0 aliphatic rings. The highest BCUT2D eigenvalue weighted by atomic mass is 35.5. The summed E-state index contributed by atoms with van der Waals surface area (Å²) in [7, 11) is 0. The molecule has 0 radical (unpaired) electrons. The lowest BCUT2D eigenvalue weighted by atomic mass is 10.1. The fraction of sp³-hybridized carbons (Fsp3) is 0.150. The number of hydrogen-bond acceptors (Lipinski definition) is 4. The Morgan fingerprint density at radius 1 is 1.07 bits per heavy atom. The number of carbonyl (C=O) groups is 1. The van der Waals surface area contributed by atoms with Crippen LogP contribution in [-0.4, -0.2) is 22.4 Å². The van der Waals surface area contributed by atoms with Crippen LogP contribution in [0.3, 0.4) is 0 Å². The largest absolute Gasteiger partial charge is 0.370 e. The number of halogens is 2. The summed E-state index contributed by atoms with van der Waals surface area (Å²) in [6, 6.07) is 15.3. The Morgan fingerprint density at radius 2 is 1.85 bits per heavy atom. The number of carbonyl (C=O) groups excluding carboxylic acids is 1. The minimum atomic E-state index is -0.307.